The Kier molecular flexibility index (Phi) is 36.0. The molecular weight excluding hydrogens is 624 g/mol. The molecule has 0 aromatic carbocycles. The van der Waals surface area contributed by atoms with Gasteiger partial charge in [0.15, 0.2) is 6.10 Å². The molecule has 0 aliphatic carbocycles. The second-order valence-corrected chi connectivity index (χ2v) is 15.5. The number of ether oxygens (including phenoxy) is 3. The zero-order chi connectivity index (χ0) is 36.9. The average molecular weight is 709 g/mol. The first kappa shape index (κ1) is 48.4. The lowest BCUT2D eigenvalue weighted by Crippen LogP contribution is -2.30. The molecule has 6 nitrogen and oxygen atoms in total. The lowest BCUT2D eigenvalue weighted by molar-refractivity contribution is -0.167. The van der Waals surface area contributed by atoms with Gasteiger partial charge in [-0.25, -0.2) is 0 Å². The van der Waals surface area contributed by atoms with Gasteiger partial charge in [-0.2, -0.15) is 0 Å². The molecule has 2 unspecified atom stereocenters. The normalized spacial score (nSPS) is 13.1. The van der Waals surface area contributed by atoms with E-state index in [0.29, 0.717) is 19.3 Å². The van der Waals surface area contributed by atoms with Gasteiger partial charge in [-0.15, -0.1) is 0 Å². The van der Waals surface area contributed by atoms with E-state index in [1.54, 1.807) is 0 Å². The molecule has 6 heteroatoms. The number of unbranched alkanes of at least 4 members (excludes halogenated alkanes) is 21. The van der Waals surface area contributed by atoms with E-state index >= 15 is 0 Å². The number of rotatable bonds is 38. The van der Waals surface area contributed by atoms with Crippen molar-refractivity contribution in [1.29, 1.82) is 0 Å². The Hall–Kier alpha value is -1.59. The molecule has 0 radical (unpaired) electrons. The van der Waals surface area contributed by atoms with Gasteiger partial charge in [-0.1, -0.05) is 195 Å². The maximum atomic E-state index is 12.7. The Morgan fingerprint density at radius 2 is 0.700 bits per heavy atom. The highest BCUT2D eigenvalue weighted by Crippen LogP contribution is 2.17. The molecule has 0 N–H and O–H groups in total. The van der Waals surface area contributed by atoms with E-state index in [-0.39, 0.29) is 31.1 Å². The first-order chi connectivity index (χ1) is 24.3. The minimum Gasteiger partial charge on any atom is -0.462 e. The van der Waals surface area contributed by atoms with E-state index < -0.39 is 6.10 Å². The predicted octanol–water partition coefficient (Wildman–Crippen LogP) is 13.4. The van der Waals surface area contributed by atoms with Crippen LogP contribution in [-0.2, 0) is 28.6 Å². The second-order valence-electron chi connectivity index (χ2n) is 15.5. The Morgan fingerprint density at radius 1 is 0.400 bits per heavy atom. The van der Waals surface area contributed by atoms with Gasteiger partial charge < -0.3 is 14.2 Å². The number of carbonyl (C=O) groups is 3. The van der Waals surface area contributed by atoms with Gasteiger partial charge in [0.1, 0.15) is 13.2 Å². The molecule has 0 amide bonds. The lowest BCUT2D eigenvalue weighted by Gasteiger charge is -2.18. The Labute approximate surface area is 310 Å². The van der Waals surface area contributed by atoms with Crippen LogP contribution in [0.5, 0.6) is 0 Å². The third-order valence-corrected chi connectivity index (χ3v) is 10.4. The SMILES string of the molecule is CCCCCCCCCCCCCCC(=O)OC[C@@H](COC(=O)CCCCCCCCC(C)CC)OC(=O)CCCCCCCCC(C)CC. The van der Waals surface area contributed by atoms with Gasteiger partial charge in [0.25, 0.3) is 0 Å². The van der Waals surface area contributed by atoms with Gasteiger partial charge in [0.2, 0.25) is 0 Å². The van der Waals surface area contributed by atoms with Crippen molar-refractivity contribution in [3.63, 3.8) is 0 Å². The Morgan fingerprint density at radius 3 is 1.04 bits per heavy atom. The molecule has 0 spiro atoms. The molecule has 0 rings (SSSR count). The van der Waals surface area contributed by atoms with E-state index in [1.807, 2.05) is 0 Å². The van der Waals surface area contributed by atoms with Crippen LogP contribution in [0.15, 0.2) is 0 Å². The maximum absolute atomic E-state index is 12.7. The topological polar surface area (TPSA) is 78.9 Å². The molecule has 0 bridgehead atoms. The van der Waals surface area contributed by atoms with Crippen molar-refractivity contribution < 1.29 is 28.6 Å². The number of esters is 3. The summed E-state index contributed by atoms with van der Waals surface area (Å²) in [7, 11) is 0. The van der Waals surface area contributed by atoms with Crippen LogP contribution < -0.4 is 0 Å². The fourth-order valence-electron chi connectivity index (χ4n) is 6.33. The minimum atomic E-state index is -0.761. The number of carbonyl (C=O) groups excluding carboxylic acids is 3. The monoisotopic (exact) mass is 709 g/mol. The molecule has 0 saturated carbocycles. The van der Waals surface area contributed by atoms with Crippen LogP contribution in [0.2, 0.25) is 0 Å². The van der Waals surface area contributed by atoms with Gasteiger partial charge in [0, 0.05) is 19.3 Å². The summed E-state index contributed by atoms with van der Waals surface area (Å²) < 4.78 is 16.7. The summed E-state index contributed by atoms with van der Waals surface area (Å²) in [6.07, 6.45) is 33.7. The number of hydrogen-bond acceptors (Lipinski definition) is 6. The van der Waals surface area contributed by atoms with E-state index in [9.17, 15) is 14.4 Å². The summed E-state index contributed by atoms with van der Waals surface area (Å²) in [5.41, 5.74) is 0. The standard InChI is InChI=1S/C44H84O6/c1-6-9-10-11-12-13-14-15-16-17-24-29-34-42(45)48-37-41(50-44(47)36-31-26-21-19-23-28-33-40(5)8-3)38-49-43(46)35-30-25-20-18-22-27-32-39(4)7-2/h39-41H,6-38H2,1-5H3/t39?,40?,41-/m0/s1. The summed E-state index contributed by atoms with van der Waals surface area (Å²) in [6.45, 7) is 11.3. The average Bonchev–Trinajstić information content (AvgIpc) is 3.11. The molecule has 0 aromatic rings. The van der Waals surface area contributed by atoms with Crippen molar-refractivity contribution in [1.82, 2.24) is 0 Å². The third-order valence-electron chi connectivity index (χ3n) is 10.4. The highest BCUT2D eigenvalue weighted by Gasteiger charge is 2.19. The van der Waals surface area contributed by atoms with Crippen LogP contribution in [0.25, 0.3) is 0 Å². The van der Waals surface area contributed by atoms with Gasteiger partial charge in [0.05, 0.1) is 0 Å². The van der Waals surface area contributed by atoms with Crippen LogP contribution >= 0.6 is 0 Å². The van der Waals surface area contributed by atoms with Crippen LogP contribution in [0.1, 0.15) is 234 Å². The highest BCUT2D eigenvalue weighted by molar-refractivity contribution is 5.71. The van der Waals surface area contributed by atoms with Crippen molar-refractivity contribution in [3.05, 3.63) is 0 Å². The van der Waals surface area contributed by atoms with Crippen LogP contribution in [0.4, 0.5) is 0 Å². The first-order valence-electron chi connectivity index (χ1n) is 21.8. The molecule has 296 valence electrons. The fourth-order valence-corrected chi connectivity index (χ4v) is 6.33. The number of hydrogen-bond donors (Lipinski definition) is 0. The molecule has 0 fully saturated rings. The van der Waals surface area contributed by atoms with Gasteiger partial charge in [-0.05, 0) is 31.1 Å². The molecule has 0 aromatic heterocycles. The predicted molar refractivity (Wildman–Crippen MR) is 210 cm³/mol. The molecule has 0 heterocycles. The summed E-state index contributed by atoms with van der Waals surface area (Å²) in [6, 6.07) is 0. The van der Waals surface area contributed by atoms with Gasteiger partial charge in [-0.3, -0.25) is 14.4 Å². The van der Waals surface area contributed by atoms with Crippen molar-refractivity contribution in [2.75, 3.05) is 13.2 Å². The molecule has 0 aliphatic heterocycles. The summed E-state index contributed by atoms with van der Waals surface area (Å²) in [5.74, 6) is 0.758. The highest BCUT2D eigenvalue weighted by atomic mass is 16.6. The van der Waals surface area contributed by atoms with Crippen LogP contribution in [0, 0.1) is 11.8 Å². The molecule has 3 atom stereocenters. The van der Waals surface area contributed by atoms with Crippen molar-refractivity contribution >= 4 is 17.9 Å². The maximum Gasteiger partial charge on any atom is 0.306 e. The van der Waals surface area contributed by atoms with Crippen LogP contribution in [-0.4, -0.2) is 37.2 Å². The first-order valence-corrected chi connectivity index (χ1v) is 21.8. The fraction of sp³-hybridized carbons (Fsp3) is 0.932. The van der Waals surface area contributed by atoms with E-state index in [4.69, 9.17) is 14.2 Å². The van der Waals surface area contributed by atoms with E-state index in [2.05, 4.69) is 34.6 Å². The quantitative estimate of drug-likeness (QED) is 0.0361. The van der Waals surface area contributed by atoms with Gasteiger partial charge >= 0.3 is 17.9 Å². The molecular formula is C44H84O6. The minimum absolute atomic E-state index is 0.0665. The third kappa shape index (κ3) is 34.8. The van der Waals surface area contributed by atoms with Crippen molar-refractivity contribution in [3.8, 4) is 0 Å². The molecule has 0 saturated heterocycles. The Bertz CT molecular complexity index is 768. The van der Waals surface area contributed by atoms with E-state index in [1.165, 1.54) is 122 Å². The Balaban J connectivity index is 4.36. The smallest absolute Gasteiger partial charge is 0.306 e. The summed E-state index contributed by atoms with van der Waals surface area (Å²) in [5, 5.41) is 0. The van der Waals surface area contributed by atoms with Crippen molar-refractivity contribution in [2.24, 2.45) is 11.8 Å². The zero-order valence-corrected chi connectivity index (χ0v) is 34.0. The molecule has 50 heavy (non-hydrogen) atoms. The van der Waals surface area contributed by atoms with E-state index in [0.717, 1.165) is 69.6 Å². The van der Waals surface area contributed by atoms with Crippen LogP contribution in [0.3, 0.4) is 0 Å². The lowest BCUT2D eigenvalue weighted by atomic mass is 10.00. The second kappa shape index (κ2) is 37.2. The largest absolute Gasteiger partial charge is 0.462 e. The van der Waals surface area contributed by atoms with Crippen molar-refractivity contribution in [2.45, 2.75) is 240 Å². The zero-order valence-electron chi connectivity index (χ0n) is 34.0. The summed E-state index contributed by atoms with van der Waals surface area (Å²) in [4.78, 5) is 37.6. The summed E-state index contributed by atoms with van der Waals surface area (Å²) >= 11 is 0. The molecule has 0 aliphatic rings.